The van der Waals surface area contributed by atoms with Crippen LogP contribution >= 0.6 is 0 Å². The molecule has 0 N–H and O–H groups in total. The maximum Gasteiger partial charge on any atom is 0.133 e. The first kappa shape index (κ1) is 10.7. The van der Waals surface area contributed by atoms with Gasteiger partial charge in [0, 0.05) is 12.8 Å². The predicted molar refractivity (Wildman–Crippen MR) is 55.5 cm³/mol. The SMILES string of the molecule is CC(C)C1C(C)CC(=O)CC1(C)C. The number of rotatable bonds is 1. The van der Waals surface area contributed by atoms with E-state index in [0.717, 1.165) is 12.8 Å². The highest BCUT2D eigenvalue weighted by Crippen LogP contribution is 2.45. The maximum atomic E-state index is 11.5. The number of carbonyl (C=O) groups excluding carboxylic acids is 1. The quantitative estimate of drug-likeness (QED) is 0.608. The third-order valence-corrected chi connectivity index (χ3v) is 3.44. The largest absolute Gasteiger partial charge is 0.300 e. The van der Waals surface area contributed by atoms with Crippen LogP contribution in [0.5, 0.6) is 0 Å². The van der Waals surface area contributed by atoms with E-state index in [0.29, 0.717) is 23.5 Å². The fraction of sp³-hybridized carbons (Fsp3) is 0.917. The Bertz CT molecular complexity index is 203. The van der Waals surface area contributed by atoms with Gasteiger partial charge in [0.2, 0.25) is 0 Å². The smallest absolute Gasteiger partial charge is 0.133 e. The van der Waals surface area contributed by atoms with Crippen molar-refractivity contribution in [3.8, 4) is 0 Å². The first-order chi connectivity index (χ1) is 5.84. The van der Waals surface area contributed by atoms with E-state index >= 15 is 0 Å². The lowest BCUT2D eigenvalue weighted by Crippen LogP contribution is -2.40. The second-order valence-corrected chi connectivity index (χ2v) is 5.66. The molecule has 1 rings (SSSR count). The summed E-state index contributed by atoms with van der Waals surface area (Å²) in [5, 5.41) is 0. The molecule has 1 aliphatic rings. The van der Waals surface area contributed by atoms with Gasteiger partial charge in [-0.05, 0) is 23.2 Å². The highest BCUT2D eigenvalue weighted by molar-refractivity contribution is 5.80. The molecule has 13 heavy (non-hydrogen) atoms. The fourth-order valence-corrected chi connectivity index (χ4v) is 3.51. The molecule has 76 valence electrons. The third-order valence-electron chi connectivity index (χ3n) is 3.44. The topological polar surface area (TPSA) is 17.1 Å². The molecule has 0 spiro atoms. The van der Waals surface area contributed by atoms with Crippen LogP contribution in [0.25, 0.3) is 0 Å². The van der Waals surface area contributed by atoms with Crippen molar-refractivity contribution < 1.29 is 4.79 Å². The number of hydrogen-bond acceptors (Lipinski definition) is 1. The van der Waals surface area contributed by atoms with Gasteiger partial charge in [0.15, 0.2) is 0 Å². The van der Waals surface area contributed by atoms with Gasteiger partial charge in [0.05, 0.1) is 0 Å². The summed E-state index contributed by atoms with van der Waals surface area (Å²) >= 11 is 0. The molecule has 0 radical (unpaired) electrons. The lowest BCUT2D eigenvalue weighted by molar-refractivity contribution is -0.128. The molecule has 1 aliphatic carbocycles. The monoisotopic (exact) mass is 182 g/mol. The second kappa shape index (κ2) is 3.43. The number of Topliss-reactive ketones (excluding diaryl/α,β-unsaturated/α-hetero) is 1. The van der Waals surface area contributed by atoms with Crippen LogP contribution in [-0.2, 0) is 4.79 Å². The van der Waals surface area contributed by atoms with E-state index in [4.69, 9.17) is 0 Å². The van der Waals surface area contributed by atoms with Gasteiger partial charge in [0.1, 0.15) is 5.78 Å². The molecule has 1 heteroatoms. The zero-order valence-corrected chi connectivity index (χ0v) is 9.55. The fourth-order valence-electron chi connectivity index (χ4n) is 3.51. The molecule has 0 aromatic carbocycles. The first-order valence-corrected chi connectivity index (χ1v) is 5.36. The van der Waals surface area contributed by atoms with Gasteiger partial charge in [-0.15, -0.1) is 0 Å². The Morgan fingerprint density at radius 2 is 1.92 bits per heavy atom. The van der Waals surface area contributed by atoms with E-state index in [2.05, 4.69) is 34.6 Å². The normalized spacial score (nSPS) is 33.8. The first-order valence-electron chi connectivity index (χ1n) is 5.36. The van der Waals surface area contributed by atoms with Gasteiger partial charge >= 0.3 is 0 Å². The molecule has 0 aromatic rings. The van der Waals surface area contributed by atoms with Crippen LogP contribution in [0.2, 0.25) is 0 Å². The lowest BCUT2D eigenvalue weighted by atomic mass is 9.60. The summed E-state index contributed by atoms with van der Waals surface area (Å²) in [4.78, 5) is 11.5. The summed E-state index contributed by atoms with van der Waals surface area (Å²) in [5.74, 6) is 2.41. The lowest BCUT2D eigenvalue weighted by Gasteiger charge is -2.44. The van der Waals surface area contributed by atoms with Crippen LogP contribution < -0.4 is 0 Å². The molecule has 1 fully saturated rings. The van der Waals surface area contributed by atoms with Crippen LogP contribution in [-0.4, -0.2) is 5.78 Å². The van der Waals surface area contributed by atoms with Crippen LogP contribution in [0.3, 0.4) is 0 Å². The Labute approximate surface area is 81.9 Å². The minimum atomic E-state index is 0.211. The molecular weight excluding hydrogens is 160 g/mol. The van der Waals surface area contributed by atoms with Crippen molar-refractivity contribution in [2.24, 2.45) is 23.2 Å². The van der Waals surface area contributed by atoms with Gasteiger partial charge in [0.25, 0.3) is 0 Å². The summed E-state index contributed by atoms with van der Waals surface area (Å²) in [6, 6.07) is 0. The van der Waals surface area contributed by atoms with E-state index < -0.39 is 0 Å². The molecule has 0 amide bonds. The minimum absolute atomic E-state index is 0.211. The zero-order valence-electron chi connectivity index (χ0n) is 9.55. The molecule has 2 atom stereocenters. The minimum Gasteiger partial charge on any atom is -0.300 e. The Balaban J connectivity index is 2.85. The molecular formula is C12H22O. The van der Waals surface area contributed by atoms with Crippen molar-refractivity contribution in [2.75, 3.05) is 0 Å². The van der Waals surface area contributed by atoms with Crippen molar-refractivity contribution in [2.45, 2.75) is 47.5 Å². The Morgan fingerprint density at radius 3 is 2.31 bits per heavy atom. The van der Waals surface area contributed by atoms with Gasteiger partial charge < -0.3 is 0 Å². The van der Waals surface area contributed by atoms with Gasteiger partial charge in [-0.25, -0.2) is 0 Å². The second-order valence-electron chi connectivity index (χ2n) is 5.66. The summed E-state index contributed by atoms with van der Waals surface area (Å²) in [5.41, 5.74) is 0.211. The molecule has 1 saturated carbocycles. The maximum absolute atomic E-state index is 11.5. The number of ketones is 1. The molecule has 1 nitrogen and oxygen atoms in total. The van der Waals surface area contributed by atoms with Crippen LogP contribution in [0.15, 0.2) is 0 Å². The van der Waals surface area contributed by atoms with Crippen molar-refractivity contribution in [3.05, 3.63) is 0 Å². The average molecular weight is 182 g/mol. The van der Waals surface area contributed by atoms with Gasteiger partial charge in [-0.2, -0.15) is 0 Å². The molecule has 0 saturated heterocycles. The van der Waals surface area contributed by atoms with E-state index in [9.17, 15) is 4.79 Å². The highest BCUT2D eigenvalue weighted by Gasteiger charge is 2.41. The Kier molecular flexibility index (Phi) is 2.84. The van der Waals surface area contributed by atoms with E-state index in [1.807, 2.05) is 0 Å². The van der Waals surface area contributed by atoms with Crippen molar-refractivity contribution in [3.63, 3.8) is 0 Å². The van der Waals surface area contributed by atoms with Gasteiger partial charge in [-0.1, -0.05) is 34.6 Å². The van der Waals surface area contributed by atoms with Crippen LogP contribution in [0, 0.1) is 23.2 Å². The van der Waals surface area contributed by atoms with E-state index in [-0.39, 0.29) is 5.41 Å². The molecule has 0 aromatic heterocycles. The van der Waals surface area contributed by atoms with Crippen LogP contribution in [0.4, 0.5) is 0 Å². The molecule has 0 bridgehead atoms. The number of hydrogen-bond donors (Lipinski definition) is 0. The summed E-state index contributed by atoms with van der Waals surface area (Å²) in [6.07, 6.45) is 1.58. The highest BCUT2D eigenvalue weighted by atomic mass is 16.1. The average Bonchev–Trinajstić information content (AvgIpc) is 1.78. The number of carbonyl (C=O) groups is 1. The predicted octanol–water partition coefficient (Wildman–Crippen LogP) is 3.28. The summed E-state index contributed by atoms with van der Waals surface area (Å²) in [6.45, 7) is 11.3. The standard InChI is InChI=1S/C12H22O/c1-8(2)11-9(3)6-10(13)7-12(11,4)5/h8-9,11H,6-7H2,1-5H3. The molecule has 0 aliphatic heterocycles. The van der Waals surface area contributed by atoms with Crippen molar-refractivity contribution in [1.29, 1.82) is 0 Å². The van der Waals surface area contributed by atoms with Gasteiger partial charge in [-0.3, -0.25) is 4.79 Å². The zero-order chi connectivity index (χ0) is 10.2. The van der Waals surface area contributed by atoms with E-state index in [1.165, 1.54) is 0 Å². The molecule has 0 heterocycles. The molecule has 2 unspecified atom stereocenters. The summed E-state index contributed by atoms with van der Waals surface area (Å²) in [7, 11) is 0. The summed E-state index contributed by atoms with van der Waals surface area (Å²) < 4.78 is 0. The van der Waals surface area contributed by atoms with E-state index in [1.54, 1.807) is 0 Å². The van der Waals surface area contributed by atoms with Crippen molar-refractivity contribution in [1.82, 2.24) is 0 Å². The van der Waals surface area contributed by atoms with Crippen molar-refractivity contribution >= 4 is 5.78 Å². The van der Waals surface area contributed by atoms with Crippen LogP contribution in [0.1, 0.15) is 47.5 Å². The Hall–Kier alpha value is -0.330. The Morgan fingerprint density at radius 1 is 1.38 bits per heavy atom. The third kappa shape index (κ3) is 2.12.